The zero-order valence-electron chi connectivity index (χ0n) is 19.5. The van der Waals surface area contributed by atoms with Crippen molar-refractivity contribution in [1.29, 1.82) is 0 Å². The molecular formula is C27H29N5O. The van der Waals surface area contributed by atoms with Gasteiger partial charge in [0.15, 0.2) is 5.69 Å². The van der Waals surface area contributed by atoms with Gasteiger partial charge in [0, 0.05) is 43.9 Å². The number of hydrogen-bond donors (Lipinski definition) is 0. The lowest BCUT2D eigenvalue weighted by Gasteiger charge is -2.23. The van der Waals surface area contributed by atoms with Gasteiger partial charge in [-0.2, -0.15) is 0 Å². The van der Waals surface area contributed by atoms with Crippen molar-refractivity contribution in [3.63, 3.8) is 0 Å². The van der Waals surface area contributed by atoms with Crippen LogP contribution < -0.4 is 0 Å². The summed E-state index contributed by atoms with van der Waals surface area (Å²) in [5.74, 6) is 1.32. The van der Waals surface area contributed by atoms with E-state index in [1.807, 2.05) is 36.1 Å². The van der Waals surface area contributed by atoms with Crippen LogP contribution in [0, 0.1) is 12.8 Å². The molecule has 0 spiro atoms. The van der Waals surface area contributed by atoms with Crippen LogP contribution in [0.3, 0.4) is 0 Å². The summed E-state index contributed by atoms with van der Waals surface area (Å²) in [7, 11) is 0. The number of amides is 1. The maximum absolute atomic E-state index is 13.7. The standard InChI is InChI=1S/C27H29N5O/c1-17-5-4-6-21(13-17)25-26(29-11-10-28-25)27(33)32(16-20-7-8-20)12-9-24-30-22-14-18(2)19(3)15-23(22)31-24/h4-6,10-11,13-14,20H,7-9,12,15-16H2,1-3H3. The Labute approximate surface area is 194 Å². The largest absolute Gasteiger partial charge is 0.337 e. The Hall–Kier alpha value is -3.41. The van der Waals surface area contributed by atoms with Crippen molar-refractivity contribution >= 4 is 17.5 Å². The van der Waals surface area contributed by atoms with Crippen molar-refractivity contribution in [3.8, 4) is 11.3 Å². The molecule has 6 heteroatoms. The predicted molar refractivity (Wildman–Crippen MR) is 131 cm³/mol. The van der Waals surface area contributed by atoms with Crippen molar-refractivity contribution in [2.45, 2.75) is 46.5 Å². The molecule has 1 aromatic heterocycles. The van der Waals surface area contributed by atoms with Crippen LogP contribution in [-0.4, -0.2) is 45.4 Å². The van der Waals surface area contributed by atoms with Crippen molar-refractivity contribution in [1.82, 2.24) is 14.9 Å². The second kappa shape index (κ2) is 8.85. The lowest BCUT2D eigenvalue weighted by atomic mass is 9.97. The molecule has 2 heterocycles. The van der Waals surface area contributed by atoms with Crippen LogP contribution in [-0.2, 0) is 0 Å². The van der Waals surface area contributed by atoms with Crippen LogP contribution >= 0.6 is 0 Å². The molecule has 0 bridgehead atoms. The molecule has 1 saturated carbocycles. The van der Waals surface area contributed by atoms with Crippen molar-refractivity contribution in [2.75, 3.05) is 13.1 Å². The molecular weight excluding hydrogens is 410 g/mol. The van der Waals surface area contributed by atoms with Crippen LogP contribution in [0.4, 0.5) is 0 Å². The minimum absolute atomic E-state index is 0.0669. The zero-order chi connectivity index (χ0) is 22.9. The number of carbonyl (C=O) groups excluding carboxylic acids is 1. The third kappa shape index (κ3) is 4.70. The van der Waals surface area contributed by atoms with E-state index in [0.29, 0.717) is 30.3 Å². The fourth-order valence-electron chi connectivity index (χ4n) is 4.29. The number of aliphatic imine (C=N–C) groups is 2. The molecule has 1 aliphatic heterocycles. The minimum atomic E-state index is -0.0669. The molecule has 1 amide bonds. The second-order valence-corrected chi connectivity index (χ2v) is 9.32. The van der Waals surface area contributed by atoms with Gasteiger partial charge in [0.2, 0.25) is 0 Å². The van der Waals surface area contributed by atoms with Crippen molar-refractivity contribution in [3.05, 3.63) is 70.8 Å². The first-order valence-corrected chi connectivity index (χ1v) is 11.7. The van der Waals surface area contributed by atoms with E-state index in [1.54, 1.807) is 12.4 Å². The molecule has 0 atom stereocenters. The summed E-state index contributed by atoms with van der Waals surface area (Å²) in [6, 6.07) is 8.05. The monoisotopic (exact) mass is 439 g/mol. The predicted octanol–water partition coefficient (Wildman–Crippen LogP) is 5.17. The average Bonchev–Trinajstić information content (AvgIpc) is 3.55. The molecule has 1 fully saturated rings. The third-order valence-corrected chi connectivity index (χ3v) is 6.53. The molecule has 5 rings (SSSR count). The van der Waals surface area contributed by atoms with E-state index < -0.39 is 0 Å². The molecule has 0 saturated heterocycles. The Balaban J connectivity index is 1.36. The topological polar surface area (TPSA) is 70.8 Å². The Kier molecular flexibility index (Phi) is 5.75. The molecule has 1 aromatic carbocycles. The van der Waals surface area contributed by atoms with Crippen LogP contribution in [0.15, 0.2) is 69.6 Å². The van der Waals surface area contributed by atoms with Gasteiger partial charge in [-0.1, -0.05) is 29.3 Å². The van der Waals surface area contributed by atoms with Gasteiger partial charge in [0.05, 0.1) is 11.4 Å². The summed E-state index contributed by atoms with van der Waals surface area (Å²) in [5, 5.41) is 0. The number of allylic oxidation sites excluding steroid dienone is 4. The van der Waals surface area contributed by atoms with Gasteiger partial charge in [-0.3, -0.25) is 9.78 Å². The van der Waals surface area contributed by atoms with Gasteiger partial charge < -0.3 is 4.90 Å². The summed E-state index contributed by atoms with van der Waals surface area (Å²) < 4.78 is 0. The van der Waals surface area contributed by atoms with E-state index in [1.165, 1.54) is 24.0 Å². The fourth-order valence-corrected chi connectivity index (χ4v) is 4.29. The highest BCUT2D eigenvalue weighted by atomic mass is 16.2. The molecule has 2 aromatic rings. The zero-order valence-corrected chi connectivity index (χ0v) is 19.5. The van der Waals surface area contributed by atoms with Crippen LogP contribution in [0.5, 0.6) is 0 Å². The summed E-state index contributed by atoms with van der Waals surface area (Å²) in [5.41, 5.74) is 7.72. The van der Waals surface area contributed by atoms with Crippen LogP contribution in [0.2, 0.25) is 0 Å². The number of benzene rings is 1. The smallest absolute Gasteiger partial charge is 0.274 e. The summed E-state index contributed by atoms with van der Waals surface area (Å²) in [6.45, 7) is 7.62. The maximum Gasteiger partial charge on any atom is 0.274 e. The van der Waals surface area contributed by atoms with Crippen molar-refractivity contribution < 1.29 is 4.79 Å². The highest BCUT2D eigenvalue weighted by molar-refractivity contribution is 6.14. The van der Waals surface area contributed by atoms with Gasteiger partial charge >= 0.3 is 0 Å². The van der Waals surface area contributed by atoms with Crippen LogP contribution in [0.25, 0.3) is 11.3 Å². The molecule has 0 unspecified atom stereocenters. The van der Waals surface area contributed by atoms with E-state index in [9.17, 15) is 4.79 Å². The summed E-state index contributed by atoms with van der Waals surface area (Å²) in [6.07, 6.45) is 9.21. The summed E-state index contributed by atoms with van der Waals surface area (Å²) in [4.78, 5) is 34.1. The average molecular weight is 440 g/mol. The Morgan fingerprint density at radius 2 is 1.91 bits per heavy atom. The van der Waals surface area contributed by atoms with Gasteiger partial charge in [-0.25, -0.2) is 15.0 Å². The number of nitrogens with zero attached hydrogens (tertiary/aromatic N) is 5. The van der Waals surface area contributed by atoms with E-state index in [4.69, 9.17) is 9.98 Å². The maximum atomic E-state index is 13.7. The molecule has 33 heavy (non-hydrogen) atoms. The van der Waals surface area contributed by atoms with E-state index >= 15 is 0 Å². The number of aryl methyl sites for hydroxylation is 1. The first kappa shape index (κ1) is 21.4. The number of amidine groups is 1. The third-order valence-electron chi connectivity index (χ3n) is 6.53. The SMILES string of the molecule is CC1=C(C)CC2=NC(CCN(CC3CC3)C(=O)c3nccnc3-c3cccc(C)c3)=NC2=C1. The van der Waals surface area contributed by atoms with E-state index in [2.05, 4.69) is 29.9 Å². The summed E-state index contributed by atoms with van der Waals surface area (Å²) >= 11 is 0. The first-order chi connectivity index (χ1) is 16.0. The molecule has 0 radical (unpaired) electrons. The van der Waals surface area contributed by atoms with E-state index in [0.717, 1.165) is 41.3 Å². The Morgan fingerprint density at radius 3 is 2.70 bits per heavy atom. The molecule has 6 nitrogen and oxygen atoms in total. The Morgan fingerprint density at radius 1 is 1.09 bits per heavy atom. The number of rotatable bonds is 7. The lowest BCUT2D eigenvalue weighted by Crippen LogP contribution is -2.35. The first-order valence-electron chi connectivity index (χ1n) is 11.7. The Bertz CT molecular complexity index is 1230. The van der Waals surface area contributed by atoms with Gasteiger partial charge in [-0.05, 0) is 57.2 Å². The number of fused-ring (bicyclic) bond motifs is 1. The fraction of sp³-hybridized carbons (Fsp3) is 0.370. The van der Waals surface area contributed by atoms with Gasteiger partial charge in [0.1, 0.15) is 11.5 Å². The molecule has 2 aliphatic carbocycles. The number of hydrogen-bond acceptors (Lipinski definition) is 5. The van der Waals surface area contributed by atoms with Crippen molar-refractivity contribution in [2.24, 2.45) is 15.9 Å². The van der Waals surface area contributed by atoms with Gasteiger partial charge in [0.25, 0.3) is 5.91 Å². The molecule has 3 aliphatic rings. The second-order valence-electron chi connectivity index (χ2n) is 9.32. The lowest BCUT2D eigenvalue weighted by molar-refractivity contribution is 0.0747. The molecule has 0 N–H and O–H groups in total. The van der Waals surface area contributed by atoms with Crippen LogP contribution in [0.1, 0.15) is 55.6 Å². The van der Waals surface area contributed by atoms with Gasteiger partial charge in [-0.15, -0.1) is 0 Å². The number of aromatic nitrogens is 2. The normalized spacial score (nSPS) is 17.4. The quantitative estimate of drug-likeness (QED) is 0.597. The highest BCUT2D eigenvalue weighted by Gasteiger charge is 2.30. The molecule has 168 valence electrons. The number of carbonyl (C=O) groups is 1. The van der Waals surface area contributed by atoms with E-state index in [-0.39, 0.29) is 5.91 Å². The minimum Gasteiger partial charge on any atom is -0.337 e. The highest BCUT2D eigenvalue weighted by Crippen LogP contribution is 2.31.